The first-order valence-corrected chi connectivity index (χ1v) is 8.53. The van der Waals surface area contributed by atoms with E-state index in [1.54, 1.807) is 0 Å². The van der Waals surface area contributed by atoms with Crippen molar-refractivity contribution >= 4 is 38.9 Å². The molecule has 0 spiro atoms. The van der Waals surface area contributed by atoms with Gasteiger partial charge in [0, 0.05) is 12.2 Å². The topological polar surface area (TPSA) is 72.2 Å². The van der Waals surface area contributed by atoms with Crippen LogP contribution in [0.4, 0.5) is 5.69 Å². The second kappa shape index (κ2) is 6.35. The van der Waals surface area contributed by atoms with E-state index in [1.807, 2.05) is 0 Å². The third-order valence-corrected chi connectivity index (χ3v) is 5.57. The molecule has 1 aliphatic rings. The highest BCUT2D eigenvalue weighted by Crippen LogP contribution is 2.31. The quantitative estimate of drug-likeness (QED) is 0.655. The molecule has 0 aliphatic heterocycles. The van der Waals surface area contributed by atoms with Gasteiger partial charge in [0.2, 0.25) is 10.0 Å². The summed E-state index contributed by atoms with van der Waals surface area (Å²) < 4.78 is 27.2. The number of benzene rings is 1. The first kappa shape index (κ1) is 15.6. The summed E-state index contributed by atoms with van der Waals surface area (Å²) in [5, 5.41) is 0.0667. The number of allylic oxidation sites excluding steroid dienone is 2. The van der Waals surface area contributed by atoms with Gasteiger partial charge >= 0.3 is 0 Å². The van der Waals surface area contributed by atoms with Gasteiger partial charge in [-0.15, -0.1) is 0 Å². The van der Waals surface area contributed by atoms with Crippen LogP contribution in [0.2, 0.25) is 10.0 Å². The van der Waals surface area contributed by atoms with Crippen LogP contribution in [0, 0.1) is 5.92 Å². The van der Waals surface area contributed by atoms with Crippen LogP contribution < -0.4 is 10.5 Å². The van der Waals surface area contributed by atoms with Crippen molar-refractivity contribution in [3.63, 3.8) is 0 Å². The molecule has 1 aromatic rings. The van der Waals surface area contributed by atoms with Crippen LogP contribution in [0.5, 0.6) is 0 Å². The zero-order chi connectivity index (χ0) is 14.8. The molecule has 7 heteroatoms. The molecule has 0 heterocycles. The Morgan fingerprint density at radius 1 is 1.25 bits per heavy atom. The smallest absolute Gasteiger partial charge is 0.243 e. The number of halogens is 2. The molecule has 110 valence electrons. The van der Waals surface area contributed by atoms with E-state index in [0.717, 1.165) is 19.3 Å². The molecule has 1 aromatic carbocycles. The molecule has 0 bridgehead atoms. The summed E-state index contributed by atoms with van der Waals surface area (Å²) >= 11 is 11.9. The molecule has 0 aromatic heterocycles. The molecule has 0 saturated carbocycles. The minimum atomic E-state index is -3.73. The Morgan fingerprint density at radius 3 is 2.45 bits per heavy atom. The summed E-state index contributed by atoms with van der Waals surface area (Å²) in [5.74, 6) is 0.307. The van der Waals surface area contributed by atoms with Crippen LogP contribution in [0.15, 0.2) is 29.2 Å². The molecule has 0 saturated heterocycles. The number of nitrogens with two attached hydrogens (primary N) is 1. The first-order valence-electron chi connectivity index (χ1n) is 6.29. The Labute approximate surface area is 129 Å². The zero-order valence-corrected chi connectivity index (χ0v) is 13.1. The molecule has 20 heavy (non-hydrogen) atoms. The van der Waals surface area contributed by atoms with Gasteiger partial charge < -0.3 is 5.73 Å². The van der Waals surface area contributed by atoms with E-state index < -0.39 is 10.0 Å². The van der Waals surface area contributed by atoms with Gasteiger partial charge in [-0.2, -0.15) is 0 Å². The molecule has 3 N–H and O–H groups in total. The SMILES string of the molecule is Nc1cc(Cl)c(S(=O)(=O)NCC2CC=CCC2)c(Cl)c1. The minimum absolute atomic E-state index is 0.0334. The maximum absolute atomic E-state index is 12.3. The third kappa shape index (κ3) is 3.67. The molecule has 0 amide bonds. The first-order chi connectivity index (χ1) is 9.40. The maximum Gasteiger partial charge on any atom is 0.243 e. The van der Waals surface area contributed by atoms with Crippen molar-refractivity contribution in [2.45, 2.75) is 24.2 Å². The second-order valence-corrected chi connectivity index (χ2v) is 7.33. The highest BCUT2D eigenvalue weighted by atomic mass is 35.5. The molecule has 1 atom stereocenters. The van der Waals surface area contributed by atoms with Gasteiger partial charge in [-0.25, -0.2) is 13.1 Å². The van der Waals surface area contributed by atoms with Crippen molar-refractivity contribution in [2.24, 2.45) is 5.92 Å². The van der Waals surface area contributed by atoms with Gasteiger partial charge in [-0.05, 0) is 37.3 Å². The predicted molar refractivity (Wildman–Crippen MR) is 82.5 cm³/mol. The lowest BCUT2D eigenvalue weighted by atomic mass is 9.95. The molecular formula is C13H16Cl2N2O2S. The minimum Gasteiger partial charge on any atom is -0.399 e. The summed E-state index contributed by atoms with van der Waals surface area (Å²) in [6.45, 7) is 0.379. The normalized spacial score (nSPS) is 19.2. The van der Waals surface area contributed by atoms with Crippen LogP contribution in [0.1, 0.15) is 19.3 Å². The third-order valence-electron chi connectivity index (χ3n) is 3.23. The van der Waals surface area contributed by atoms with Gasteiger partial charge in [0.15, 0.2) is 0 Å². The average molecular weight is 335 g/mol. The van der Waals surface area contributed by atoms with Gasteiger partial charge in [0.25, 0.3) is 0 Å². The van der Waals surface area contributed by atoms with E-state index in [2.05, 4.69) is 16.9 Å². The molecule has 0 radical (unpaired) electrons. The van der Waals surface area contributed by atoms with Crippen molar-refractivity contribution in [1.82, 2.24) is 4.72 Å². The summed E-state index contributed by atoms with van der Waals surface area (Å²) in [5.41, 5.74) is 5.90. The average Bonchev–Trinajstić information content (AvgIpc) is 2.36. The lowest BCUT2D eigenvalue weighted by molar-refractivity contribution is 0.468. The van der Waals surface area contributed by atoms with E-state index in [4.69, 9.17) is 28.9 Å². The van der Waals surface area contributed by atoms with Gasteiger partial charge in [-0.3, -0.25) is 0 Å². The molecular weight excluding hydrogens is 319 g/mol. The molecule has 0 fully saturated rings. The van der Waals surface area contributed by atoms with Gasteiger partial charge in [-0.1, -0.05) is 35.4 Å². The van der Waals surface area contributed by atoms with E-state index in [-0.39, 0.29) is 14.9 Å². The summed E-state index contributed by atoms with van der Waals surface area (Å²) in [7, 11) is -3.73. The number of hydrogen-bond acceptors (Lipinski definition) is 3. The van der Waals surface area contributed by atoms with Crippen LogP contribution in [-0.2, 0) is 10.0 Å². The van der Waals surface area contributed by atoms with E-state index >= 15 is 0 Å². The van der Waals surface area contributed by atoms with E-state index in [9.17, 15) is 8.42 Å². The van der Waals surface area contributed by atoms with Crippen LogP contribution in [0.3, 0.4) is 0 Å². The molecule has 2 rings (SSSR count). The van der Waals surface area contributed by atoms with Crippen LogP contribution in [0.25, 0.3) is 0 Å². The van der Waals surface area contributed by atoms with Crippen molar-refractivity contribution in [3.05, 3.63) is 34.3 Å². The number of nitrogen functional groups attached to an aromatic ring is 1. The van der Waals surface area contributed by atoms with E-state index in [0.29, 0.717) is 18.2 Å². The lowest BCUT2D eigenvalue weighted by Crippen LogP contribution is -2.30. The fourth-order valence-electron chi connectivity index (χ4n) is 2.18. The Hall–Kier alpha value is -0.750. The number of hydrogen-bond donors (Lipinski definition) is 2. The fraction of sp³-hybridized carbons (Fsp3) is 0.385. The molecule has 1 unspecified atom stereocenters. The number of rotatable bonds is 4. The van der Waals surface area contributed by atoms with Crippen LogP contribution in [-0.4, -0.2) is 15.0 Å². The van der Waals surface area contributed by atoms with E-state index in [1.165, 1.54) is 12.1 Å². The van der Waals surface area contributed by atoms with Crippen LogP contribution >= 0.6 is 23.2 Å². The van der Waals surface area contributed by atoms with Crippen molar-refractivity contribution < 1.29 is 8.42 Å². The van der Waals surface area contributed by atoms with Gasteiger partial charge in [0.1, 0.15) is 4.90 Å². The maximum atomic E-state index is 12.3. The number of sulfonamides is 1. The predicted octanol–water partition coefficient (Wildman–Crippen LogP) is 3.21. The Morgan fingerprint density at radius 2 is 1.90 bits per heavy atom. The Bertz CT molecular complexity index is 606. The largest absolute Gasteiger partial charge is 0.399 e. The summed E-state index contributed by atoms with van der Waals surface area (Å²) in [4.78, 5) is -0.110. The molecule has 1 aliphatic carbocycles. The number of nitrogens with one attached hydrogen (secondary N) is 1. The second-order valence-electron chi connectivity index (χ2n) is 4.82. The zero-order valence-electron chi connectivity index (χ0n) is 10.8. The summed E-state index contributed by atoms with van der Waals surface area (Å²) in [6, 6.07) is 2.76. The summed E-state index contributed by atoms with van der Waals surface area (Å²) in [6.07, 6.45) is 7.02. The highest BCUT2D eigenvalue weighted by Gasteiger charge is 2.23. The Balaban J connectivity index is 2.16. The van der Waals surface area contributed by atoms with Gasteiger partial charge in [0.05, 0.1) is 10.0 Å². The standard InChI is InChI=1S/C13H16Cl2N2O2S/c14-11-6-10(16)7-12(15)13(11)20(18,19)17-8-9-4-2-1-3-5-9/h1-2,6-7,9,17H,3-5,8,16H2. The lowest BCUT2D eigenvalue weighted by Gasteiger charge is -2.18. The molecule has 4 nitrogen and oxygen atoms in total. The highest BCUT2D eigenvalue weighted by molar-refractivity contribution is 7.89. The fourth-order valence-corrected chi connectivity index (χ4v) is 4.52. The van der Waals surface area contributed by atoms with Crippen molar-refractivity contribution in [1.29, 1.82) is 0 Å². The monoisotopic (exact) mass is 334 g/mol. The number of anilines is 1. The Kier molecular flexibility index (Phi) is 4.96. The van der Waals surface area contributed by atoms with Crippen molar-refractivity contribution in [3.8, 4) is 0 Å². The van der Waals surface area contributed by atoms with Crippen molar-refractivity contribution in [2.75, 3.05) is 12.3 Å².